The predicted molar refractivity (Wildman–Crippen MR) is 136 cm³/mol. The van der Waals surface area contributed by atoms with Gasteiger partial charge in [-0.05, 0) is 72.9 Å². The molecule has 0 heterocycles. The third kappa shape index (κ3) is 7.08. The number of hydrogen-bond donors (Lipinski definition) is 2. The first-order valence-electron chi connectivity index (χ1n) is 12.5. The fourth-order valence-corrected chi connectivity index (χ4v) is 4.55. The maximum atomic E-state index is 13.4. The normalized spacial score (nSPS) is 19.4. The lowest BCUT2D eigenvalue weighted by Gasteiger charge is -2.24. The summed E-state index contributed by atoms with van der Waals surface area (Å²) in [6.45, 7) is 6.75. The summed E-state index contributed by atoms with van der Waals surface area (Å²) in [5.74, 6) is -1.16. The van der Waals surface area contributed by atoms with Gasteiger partial charge in [0, 0.05) is 23.6 Å². The molecule has 0 radical (unpaired) electrons. The van der Waals surface area contributed by atoms with Crippen LogP contribution in [0.25, 0.3) is 0 Å². The Kier molecular flexibility index (Phi) is 8.83. The molecule has 1 saturated carbocycles. The number of rotatable bonds is 6. The molecule has 2 unspecified atom stereocenters. The molecule has 0 bridgehead atoms. The molecule has 208 valence electrons. The molecular formula is C28H32F6N2O2. The molecule has 0 amide bonds. The van der Waals surface area contributed by atoms with Crippen molar-refractivity contribution in [1.29, 1.82) is 0 Å². The molecule has 0 spiro atoms. The molecule has 0 aromatic heterocycles. The monoisotopic (exact) mass is 542 g/mol. The molecule has 38 heavy (non-hydrogen) atoms. The fraction of sp³-hybridized carbons (Fsp3) is 0.500. The zero-order chi connectivity index (χ0) is 28.4. The summed E-state index contributed by atoms with van der Waals surface area (Å²) in [5.41, 5.74) is -1.43. The Morgan fingerprint density at radius 1 is 0.711 bits per heavy atom. The second-order valence-electron chi connectivity index (χ2n) is 10.3. The van der Waals surface area contributed by atoms with E-state index in [1.165, 1.54) is 12.4 Å². The Labute approximate surface area is 218 Å². The maximum absolute atomic E-state index is 13.4. The highest BCUT2D eigenvalue weighted by molar-refractivity contribution is 5.85. The van der Waals surface area contributed by atoms with Crippen LogP contribution in [-0.4, -0.2) is 34.7 Å². The van der Waals surface area contributed by atoms with Crippen molar-refractivity contribution in [2.45, 2.75) is 89.7 Å². The van der Waals surface area contributed by atoms with E-state index in [4.69, 9.17) is 0 Å². The number of hydrogen-bond acceptors (Lipinski definition) is 4. The van der Waals surface area contributed by atoms with Crippen LogP contribution >= 0.6 is 0 Å². The van der Waals surface area contributed by atoms with E-state index in [9.17, 15) is 36.6 Å². The lowest BCUT2D eigenvalue weighted by Crippen LogP contribution is -2.21. The van der Waals surface area contributed by atoms with Crippen LogP contribution in [0.2, 0.25) is 0 Å². The van der Waals surface area contributed by atoms with Crippen molar-refractivity contribution in [1.82, 2.24) is 0 Å². The highest BCUT2D eigenvalue weighted by Gasteiger charge is 2.33. The topological polar surface area (TPSA) is 65.2 Å². The Hall–Kier alpha value is -3.04. The van der Waals surface area contributed by atoms with E-state index in [1.807, 2.05) is 0 Å². The molecule has 3 rings (SSSR count). The van der Waals surface area contributed by atoms with Gasteiger partial charge in [-0.25, -0.2) is 0 Å². The number of halogens is 6. The summed E-state index contributed by atoms with van der Waals surface area (Å²) < 4.78 is 80.3. The van der Waals surface area contributed by atoms with Gasteiger partial charge in [-0.3, -0.25) is 9.98 Å². The van der Waals surface area contributed by atoms with Gasteiger partial charge in [-0.2, -0.15) is 26.3 Å². The van der Waals surface area contributed by atoms with Gasteiger partial charge in [0.2, 0.25) is 0 Å². The molecule has 10 heteroatoms. The third-order valence-corrected chi connectivity index (χ3v) is 6.70. The van der Waals surface area contributed by atoms with E-state index in [2.05, 4.69) is 9.98 Å². The van der Waals surface area contributed by atoms with Crippen molar-refractivity contribution in [2.24, 2.45) is 9.98 Å². The number of phenols is 2. The summed E-state index contributed by atoms with van der Waals surface area (Å²) in [6.07, 6.45) is -4.19. The van der Waals surface area contributed by atoms with E-state index >= 15 is 0 Å². The van der Waals surface area contributed by atoms with Gasteiger partial charge in [0.05, 0.1) is 23.2 Å². The van der Waals surface area contributed by atoms with Crippen molar-refractivity contribution < 1.29 is 36.6 Å². The first-order chi connectivity index (χ1) is 17.6. The minimum Gasteiger partial charge on any atom is -0.507 e. The fourth-order valence-electron chi connectivity index (χ4n) is 4.55. The molecule has 2 aromatic carbocycles. The van der Waals surface area contributed by atoms with E-state index in [-0.39, 0.29) is 57.7 Å². The molecule has 2 aromatic rings. The van der Waals surface area contributed by atoms with Crippen LogP contribution in [0, 0.1) is 0 Å². The lowest BCUT2D eigenvalue weighted by molar-refractivity contribution is -0.138. The molecule has 0 aliphatic heterocycles. The summed E-state index contributed by atoms with van der Waals surface area (Å²) in [6, 6.07) is 3.04. The third-order valence-electron chi connectivity index (χ3n) is 6.70. The molecule has 1 fully saturated rings. The van der Waals surface area contributed by atoms with Gasteiger partial charge < -0.3 is 10.2 Å². The van der Waals surface area contributed by atoms with Crippen LogP contribution in [-0.2, 0) is 12.4 Å². The lowest BCUT2D eigenvalue weighted by atomic mass is 9.91. The molecular weight excluding hydrogens is 510 g/mol. The Morgan fingerprint density at radius 3 is 1.39 bits per heavy atom. The zero-order valence-electron chi connectivity index (χ0n) is 21.7. The molecule has 1 aliphatic rings. The second kappa shape index (κ2) is 11.4. The van der Waals surface area contributed by atoms with E-state index in [0.717, 1.165) is 24.3 Å². The first-order valence-corrected chi connectivity index (χ1v) is 12.5. The number of benzene rings is 2. The zero-order valence-corrected chi connectivity index (χ0v) is 21.7. The summed E-state index contributed by atoms with van der Waals surface area (Å²) in [5, 5.41) is 21.0. The minimum absolute atomic E-state index is 0.0238. The molecule has 0 saturated heterocycles. The van der Waals surface area contributed by atoms with Crippen LogP contribution in [0.4, 0.5) is 26.3 Å². The molecule has 1 aliphatic carbocycles. The smallest absolute Gasteiger partial charge is 0.416 e. The SMILES string of the molecule is CC(C)c1cc(C(F)(F)F)cc(C=NC2CCCC(N=Cc3cc(C(F)(F)F)cc(C(C)C)c3O)C2)c1O. The van der Waals surface area contributed by atoms with E-state index in [1.54, 1.807) is 27.7 Å². The summed E-state index contributed by atoms with van der Waals surface area (Å²) in [4.78, 5) is 8.84. The highest BCUT2D eigenvalue weighted by Crippen LogP contribution is 2.38. The van der Waals surface area contributed by atoms with E-state index < -0.39 is 23.5 Å². The van der Waals surface area contributed by atoms with Crippen molar-refractivity contribution in [3.8, 4) is 11.5 Å². The van der Waals surface area contributed by atoms with Crippen LogP contribution in [0.3, 0.4) is 0 Å². The Bertz CT molecular complexity index is 1110. The number of phenolic OH excluding ortho intramolecular Hbond substituents is 2. The standard InChI is InChI=1S/C28H32F6N2O2/c1-15(2)23-10-19(27(29,30)31)8-17(25(23)37)13-35-21-6-5-7-22(12-21)36-14-18-9-20(28(32,33)34)11-24(16(3)4)26(18)38/h8-11,13-16,21-22,37-38H,5-7,12H2,1-4H3. The number of aliphatic imine (C=N–C) groups is 2. The van der Waals surface area contributed by atoms with Crippen LogP contribution in [0.15, 0.2) is 34.3 Å². The summed E-state index contributed by atoms with van der Waals surface area (Å²) in [7, 11) is 0. The van der Waals surface area contributed by atoms with Gasteiger partial charge in [-0.15, -0.1) is 0 Å². The van der Waals surface area contributed by atoms with Gasteiger partial charge in [0.1, 0.15) is 11.5 Å². The first kappa shape index (κ1) is 29.5. The average molecular weight is 543 g/mol. The minimum atomic E-state index is -4.57. The van der Waals surface area contributed by atoms with Crippen molar-refractivity contribution in [3.63, 3.8) is 0 Å². The Balaban J connectivity index is 1.83. The highest BCUT2D eigenvalue weighted by atomic mass is 19.4. The molecule has 2 atom stereocenters. The van der Waals surface area contributed by atoms with E-state index in [0.29, 0.717) is 25.7 Å². The van der Waals surface area contributed by atoms with Crippen LogP contribution in [0.1, 0.15) is 98.6 Å². The van der Waals surface area contributed by atoms with Gasteiger partial charge in [0.15, 0.2) is 0 Å². The van der Waals surface area contributed by atoms with Gasteiger partial charge in [-0.1, -0.05) is 27.7 Å². The van der Waals surface area contributed by atoms with Gasteiger partial charge >= 0.3 is 12.4 Å². The number of aromatic hydroxyl groups is 2. The summed E-state index contributed by atoms with van der Waals surface area (Å²) >= 11 is 0. The molecule has 2 N–H and O–H groups in total. The quantitative estimate of drug-likeness (QED) is 0.285. The van der Waals surface area contributed by atoms with Crippen molar-refractivity contribution in [3.05, 3.63) is 57.6 Å². The molecule has 4 nitrogen and oxygen atoms in total. The number of alkyl halides is 6. The number of nitrogens with zero attached hydrogens (tertiary/aromatic N) is 2. The van der Waals surface area contributed by atoms with Crippen LogP contribution in [0.5, 0.6) is 11.5 Å². The predicted octanol–water partition coefficient (Wildman–Crippen LogP) is 8.23. The van der Waals surface area contributed by atoms with Crippen LogP contribution < -0.4 is 0 Å². The van der Waals surface area contributed by atoms with Crippen molar-refractivity contribution >= 4 is 12.4 Å². The second-order valence-corrected chi connectivity index (χ2v) is 10.3. The average Bonchev–Trinajstić information content (AvgIpc) is 2.81. The maximum Gasteiger partial charge on any atom is 0.416 e. The largest absolute Gasteiger partial charge is 0.507 e. The van der Waals surface area contributed by atoms with Crippen molar-refractivity contribution in [2.75, 3.05) is 0 Å². The van der Waals surface area contributed by atoms with Gasteiger partial charge in [0.25, 0.3) is 0 Å². The Morgan fingerprint density at radius 2 is 1.08 bits per heavy atom.